The number of hydrogen-bond acceptors (Lipinski definition) is 8. The number of amides is 2. The first-order valence-electron chi connectivity index (χ1n) is 10.2. The van der Waals surface area contributed by atoms with Gasteiger partial charge in [-0.3, -0.25) is 24.6 Å². The van der Waals surface area contributed by atoms with Crippen LogP contribution in [0.2, 0.25) is 5.02 Å². The number of nitro groups is 1. The van der Waals surface area contributed by atoms with Gasteiger partial charge in [-0.1, -0.05) is 23.4 Å². The van der Waals surface area contributed by atoms with Crippen molar-refractivity contribution in [1.82, 2.24) is 4.90 Å². The molecular formula is C22H23ClN4O6S. The summed E-state index contributed by atoms with van der Waals surface area (Å²) in [6, 6.07) is 10.6. The maximum Gasteiger partial charge on any atom is 0.296 e. The number of rotatable bonds is 9. The van der Waals surface area contributed by atoms with Gasteiger partial charge < -0.3 is 14.8 Å². The fraction of sp³-hybridized carbons (Fsp3) is 0.318. The van der Waals surface area contributed by atoms with E-state index in [0.29, 0.717) is 15.9 Å². The van der Waals surface area contributed by atoms with Crippen LogP contribution in [0.25, 0.3) is 0 Å². The van der Waals surface area contributed by atoms with E-state index in [1.807, 2.05) is 6.92 Å². The Morgan fingerprint density at radius 1 is 1.29 bits per heavy atom. The topological polar surface area (TPSA) is 123 Å². The van der Waals surface area contributed by atoms with Gasteiger partial charge >= 0.3 is 0 Å². The molecule has 34 heavy (non-hydrogen) atoms. The van der Waals surface area contributed by atoms with Gasteiger partial charge in [0.2, 0.25) is 11.8 Å². The van der Waals surface area contributed by atoms with Crippen LogP contribution in [0.4, 0.5) is 17.1 Å². The average Bonchev–Trinajstić information content (AvgIpc) is 3.09. The first-order chi connectivity index (χ1) is 16.2. The van der Waals surface area contributed by atoms with Gasteiger partial charge in [-0.15, -0.1) is 0 Å². The van der Waals surface area contributed by atoms with Crippen molar-refractivity contribution in [1.29, 1.82) is 0 Å². The number of carbonyl (C=O) groups is 2. The first-order valence-corrected chi connectivity index (χ1v) is 11.4. The van der Waals surface area contributed by atoms with Crippen molar-refractivity contribution in [2.75, 3.05) is 26.1 Å². The average molecular weight is 507 g/mol. The number of anilines is 1. The molecule has 0 spiro atoms. The second-order valence-corrected chi connectivity index (χ2v) is 8.99. The lowest BCUT2D eigenvalue weighted by molar-refractivity contribution is -0.384. The van der Waals surface area contributed by atoms with Gasteiger partial charge in [-0.25, -0.2) is 4.99 Å². The van der Waals surface area contributed by atoms with Gasteiger partial charge in [-0.2, -0.15) is 0 Å². The van der Waals surface area contributed by atoms with E-state index in [1.54, 1.807) is 24.3 Å². The number of amidine groups is 1. The zero-order valence-corrected chi connectivity index (χ0v) is 20.3. The van der Waals surface area contributed by atoms with Gasteiger partial charge in [0.25, 0.3) is 5.69 Å². The Morgan fingerprint density at radius 3 is 2.62 bits per heavy atom. The zero-order chi connectivity index (χ0) is 24.8. The number of thioether (sulfide) groups is 1. The number of aliphatic imine (C=N–C) groups is 1. The molecule has 2 aromatic rings. The molecular weight excluding hydrogens is 484 g/mol. The Hall–Kier alpha value is -3.15. The molecule has 1 heterocycles. The Kier molecular flexibility index (Phi) is 8.48. The van der Waals surface area contributed by atoms with Crippen molar-refractivity contribution in [3.8, 4) is 5.75 Å². The summed E-state index contributed by atoms with van der Waals surface area (Å²) >= 11 is 7.10. The highest BCUT2D eigenvalue weighted by molar-refractivity contribution is 8.15. The van der Waals surface area contributed by atoms with E-state index in [-0.39, 0.29) is 42.1 Å². The van der Waals surface area contributed by atoms with Crippen LogP contribution in [0, 0.1) is 10.1 Å². The summed E-state index contributed by atoms with van der Waals surface area (Å²) in [5.74, 6) is -0.537. The summed E-state index contributed by atoms with van der Waals surface area (Å²) in [6.07, 6.45) is -0.192. The quantitative estimate of drug-likeness (QED) is 0.398. The Bertz CT molecular complexity index is 1110. The molecule has 0 saturated carbocycles. The van der Waals surface area contributed by atoms with Crippen LogP contribution in [-0.4, -0.2) is 58.9 Å². The third kappa shape index (κ3) is 6.04. The maximum absolute atomic E-state index is 13.2. The van der Waals surface area contributed by atoms with Crippen LogP contribution in [0.5, 0.6) is 5.75 Å². The SMILES string of the molecule is COC[C@H](C)N1C(=O)[C@@H](CC(=O)Nc2ccc(OC)cc2[N+](=O)[O-])SC1=Nc1ccc(Cl)cc1. The number of nitro benzene ring substituents is 1. The van der Waals surface area contributed by atoms with Crippen molar-refractivity contribution >= 4 is 57.4 Å². The van der Waals surface area contributed by atoms with Crippen molar-refractivity contribution < 1.29 is 24.0 Å². The van der Waals surface area contributed by atoms with E-state index in [1.165, 1.54) is 37.3 Å². The van der Waals surface area contributed by atoms with Gasteiger partial charge in [0.1, 0.15) is 16.7 Å². The van der Waals surface area contributed by atoms with E-state index in [0.717, 1.165) is 11.8 Å². The number of halogens is 1. The Balaban J connectivity index is 1.80. The number of ether oxygens (including phenoxy) is 2. The van der Waals surface area contributed by atoms with Gasteiger partial charge in [0.05, 0.1) is 36.4 Å². The monoisotopic (exact) mass is 506 g/mol. The number of nitrogens with zero attached hydrogens (tertiary/aromatic N) is 3. The highest BCUT2D eigenvalue weighted by Crippen LogP contribution is 2.34. The molecule has 0 aromatic heterocycles. The molecule has 1 aliphatic heterocycles. The molecule has 2 aromatic carbocycles. The zero-order valence-electron chi connectivity index (χ0n) is 18.7. The van der Waals surface area contributed by atoms with Crippen molar-refractivity contribution in [3.63, 3.8) is 0 Å². The van der Waals surface area contributed by atoms with Crippen LogP contribution in [0.1, 0.15) is 13.3 Å². The van der Waals surface area contributed by atoms with E-state index >= 15 is 0 Å². The van der Waals surface area contributed by atoms with E-state index in [4.69, 9.17) is 21.1 Å². The van der Waals surface area contributed by atoms with E-state index < -0.39 is 16.1 Å². The highest BCUT2D eigenvalue weighted by atomic mass is 35.5. The molecule has 12 heteroatoms. The molecule has 0 radical (unpaired) electrons. The minimum Gasteiger partial charge on any atom is -0.496 e. The maximum atomic E-state index is 13.2. The lowest BCUT2D eigenvalue weighted by atomic mass is 10.2. The fourth-order valence-electron chi connectivity index (χ4n) is 3.31. The van der Waals surface area contributed by atoms with Crippen LogP contribution in [-0.2, 0) is 14.3 Å². The summed E-state index contributed by atoms with van der Waals surface area (Å²) in [4.78, 5) is 42.7. The van der Waals surface area contributed by atoms with Gasteiger partial charge in [0.15, 0.2) is 5.17 Å². The Labute approximate surface area is 205 Å². The van der Waals surface area contributed by atoms with Crippen LogP contribution in [0.3, 0.4) is 0 Å². The third-order valence-electron chi connectivity index (χ3n) is 4.91. The first kappa shape index (κ1) is 25.5. The van der Waals surface area contributed by atoms with E-state index in [9.17, 15) is 19.7 Å². The van der Waals surface area contributed by atoms with Gasteiger partial charge in [-0.05, 0) is 43.3 Å². The molecule has 1 aliphatic rings. The summed E-state index contributed by atoms with van der Waals surface area (Å²) in [5.41, 5.74) is 0.317. The number of benzene rings is 2. The fourth-order valence-corrected chi connectivity index (χ4v) is 4.68. The second-order valence-electron chi connectivity index (χ2n) is 7.38. The summed E-state index contributed by atoms with van der Waals surface area (Å²) in [6.45, 7) is 2.10. The predicted molar refractivity (Wildman–Crippen MR) is 131 cm³/mol. The molecule has 10 nitrogen and oxygen atoms in total. The molecule has 1 saturated heterocycles. The van der Waals surface area contributed by atoms with Crippen molar-refractivity contribution in [2.45, 2.75) is 24.6 Å². The van der Waals surface area contributed by atoms with Gasteiger partial charge in [0, 0.05) is 18.6 Å². The summed E-state index contributed by atoms with van der Waals surface area (Å²) < 4.78 is 10.2. The van der Waals surface area contributed by atoms with Crippen LogP contribution < -0.4 is 10.1 Å². The number of methoxy groups -OCH3 is 2. The van der Waals surface area contributed by atoms with Crippen LogP contribution >= 0.6 is 23.4 Å². The lowest BCUT2D eigenvalue weighted by Gasteiger charge is -2.23. The highest BCUT2D eigenvalue weighted by Gasteiger charge is 2.41. The molecule has 1 N–H and O–H groups in total. The minimum absolute atomic E-state index is 0.0194. The van der Waals surface area contributed by atoms with Crippen molar-refractivity contribution in [2.24, 2.45) is 4.99 Å². The standard InChI is InChI=1S/C22H23ClN4O6S/c1-13(12-32-2)26-21(29)19(34-22(26)24-15-6-4-14(23)5-7-15)11-20(28)25-17-9-8-16(33-3)10-18(17)27(30)31/h4-10,13,19H,11-12H2,1-3H3,(H,25,28)/t13-,19+/m0/s1. The number of nitrogens with one attached hydrogen (secondary N) is 1. The number of carbonyl (C=O) groups excluding carboxylic acids is 2. The van der Waals surface area contributed by atoms with Crippen LogP contribution in [0.15, 0.2) is 47.5 Å². The molecule has 0 aliphatic carbocycles. The van der Waals surface area contributed by atoms with Crippen molar-refractivity contribution in [3.05, 3.63) is 57.6 Å². The summed E-state index contributed by atoms with van der Waals surface area (Å²) in [5, 5.41) is 14.2. The molecule has 180 valence electrons. The molecule has 3 rings (SSSR count). The lowest BCUT2D eigenvalue weighted by Crippen LogP contribution is -2.42. The third-order valence-corrected chi connectivity index (χ3v) is 6.32. The molecule has 1 fully saturated rings. The molecule has 2 atom stereocenters. The van der Waals surface area contributed by atoms with E-state index in [2.05, 4.69) is 10.3 Å². The molecule has 0 unspecified atom stereocenters. The summed E-state index contributed by atoms with van der Waals surface area (Å²) in [7, 11) is 2.92. The molecule has 0 bridgehead atoms. The number of hydrogen-bond donors (Lipinski definition) is 1. The second kappa shape index (κ2) is 11.3. The Morgan fingerprint density at radius 2 is 2.00 bits per heavy atom. The normalized spacial score (nSPS) is 17.6. The molecule has 2 amide bonds. The largest absolute Gasteiger partial charge is 0.496 e. The smallest absolute Gasteiger partial charge is 0.296 e. The predicted octanol–water partition coefficient (Wildman–Crippen LogP) is 4.25. The minimum atomic E-state index is -0.748.